The van der Waals surface area contributed by atoms with Gasteiger partial charge in [0.05, 0.1) is 0 Å². The van der Waals surface area contributed by atoms with Gasteiger partial charge in [-0.3, -0.25) is 0 Å². The van der Waals surface area contributed by atoms with Gasteiger partial charge in [0, 0.05) is 11.8 Å². The van der Waals surface area contributed by atoms with Crippen LogP contribution in [0.3, 0.4) is 0 Å². The van der Waals surface area contributed by atoms with Crippen LogP contribution >= 0.6 is 11.6 Å². The molecule has 0 unspecified atom stereocenters. The summed E-state index contributed by atoms with van der Waals surface area (Å²) in [5.74, 6) is 1.73. The van der Waals surface area contributed by atoms with Crippen molar-refractivity contribution in [3.8, 4) is 11.1 Å². The lowest BCUT2D eigenvalue weighted by molar-refractivity contribution is 0.303. The number of halogens is 1. The summed E-state index contributed by atoms with van der Waals surface area (Å²) in [7, 11) is 0. The topological polar surface area (TPSA) is 12.9 Å². The molecule has 1 fully saturated rings. The Kier molecular flexibility index (Phi) is 6.31. The molecule has 0 bridgehead atoms. The van der Waals surface area contributed by atoms with Gasteiger partial charge in [0.2, 0.25) is 0 Å². The van der Waals surface area contributed by atoms with E-state index in [4.69, 9.17) is 11.6 Å². The van der Waals surface area contributed by atoms with Gasteiger partial charge in [0.15, 0.2) is 0 Å². The lowest BCUT2D eigenvalue weighted by Crippen LogP contribution is -2.13. The average Bonchev–Trinajstić information content (AvgIpc) is 2.63. The van der Waals surface area contributed by atoms with Crippen molar-refractivity contribution < 1.29 is 0 Å². The van der Waals surface area contributed by atoms with Gasteiger partial charge in [-0.1, -0.05) is 68.5 Å². The molecule has 1 aromatic heterocycles. The van der Waals surface area contributed by atoms with Crippen molar-refractivity contribution in [2.45, 2.75) is 64.2 Å². The van der Waals surface area contributed by atoms with Crippen LogP contribution in [0, 0.1) is 5.92 Å². The zero-order chi connectivity index (χ0) is 16.8. The Morgan fingerprint density at radius 2 is 1.62 bits per heavy atom. The molecule has 1 aliphatic carbocycles. The molecular weight excluding hydrogens is 314 g/mol. The highest BCUT2D eigenvalue weighted by molar-refractivity contribution is 6.29. The number of unbranched alkanes of at least 4 members (excludes halogenated alkanes) is 2. The molecule has 1 heterocycles. The van der Waals surface area contributed by atoms with Crippen molar-refractivity contribution in [3.05, 3.63) is 53.3 Å². The molecule has 0 saturated heterocycles. The molecule has 1 saturated carbocycles. The van der Waals surface area contributed by atoms with Gasteiger partial charge in [-0.25, -0.2) is 4.98 Å². The Bertz CT molecular complexity index is 609. The highest BCUT2D eigenvalue weighted by Gasteiger charge is 2.21. The standard InChI is InChI=1S/C22H28ClN/c1-2-3-4-5-17-6-8-18(9-7-17)19-10-12-20(13-11-19)21-14-15-22(23)24-16-21/h10-18H,2-9H2,1H3. The number of hydrogen-bond acceptors (Lipinski definition) is 1. The first-order valence-corrected chi connectivity index (χ1v) is 9.86. The summed E-state index contributed by atoms with van der Waals surface area (Å²) in [5, 5.41) is 0.547. The predicted octanol–water partition coefficient (Wildman–Crippen LogP) is 7.26. The summed E-state index contributed by atoms with van der Waals surface area (Å²) in [6, 6.07) is 13.0. The van der Waals surface area contributed by atoms with Crippen LogP contribution in [0.1, 0.15) is 69.8 Å². The van der Waals surface area contributed by atoms with Gasteiger partial charge in [0.1, 0.15) is 5.15 Å². The third kappa shape index (κ3) is 4.60. The summed E-state index contributed by atoms with van der Waals surface area (Å²) in [5.41, 5.74) is 3.86. The van der Waals surface area contributed by atoms with Gasteiger partial charge in [0.25, 0.3) is 0 Å². The van der Waals surface area contributed by atoms with Crippen LogP contribution in [-0.2, 0) is 0 Å². The first-order valence-electron chi connectivity index (χ1n) is 9.48. The first kappa shape index (κ1) is 17.5. The van der Waals surface area contributed by atoms with E-state index in [1.165, 1.54) is 62.5 Å². The molecule has 24 heavy (non-hydrogen) atoms. The lowest BCUT2D eigenvalue weighted by atomic mass is 9.77. The van der Waals surface area contributed by atoms with E-state index in [0.717, 1.165) is 17.4 Å². The Morgan fingerprint density at radius 3 is 2.25 bits per heavy atom. The smallest absolute Gasteiger partial charge is 0.129 e. The van der Waals surface area contributed by atoms with Crippen molar-refractivity contribution in [1.82, 2.24) is 4.98 Å². The molecule has 0 spiro atoms. The summed E-state index contributed by atoms with van der Waals surface area (Å²) in [6.07, 6.45) is 13.0. The van der Waals surface area contributed by atoms with Crippen LogP contribution in [-0.4, -0.2) is 4.98 Å². The molecule has 0 aliphatic heterocycles. The monoisotopic (exact) mass is 341 g/mol. The second-order valence-corrected chi connectivity index (χ2v) is 7.59. The highest BCUT2D eigenvalue weighted by atomic mass is 35.5. The van der Waals surface area contributed by atoms with Crippen LogP contribution in [0.15, 0.2) is 42.6 Å². The molecule has 128 valence electrons. The maximum absolute atomic E-state index is 5.87. The van der Waals surface area contributed by atoms with Crippen LogP contribution in [0.2, 0.25) is 5.15 Å². The van der Waals surface area contributed by atoms with Crippen molar-refractivity contribution >= 4 is 11.6 Å². The van der Waals surface area contributed by atoms with Crippen LogP contribution < -0.4 is 0 Å². The van der Waals surface area contributed by atoms with Gasteiger partial charge >= 0.3 is 0 Å². The van der Waals surface area contributed by atoms with Gasteiger partial charge in [-0.15, -0.1) is 0 Å². The van der Waals surface area contributed by atoms with Crippen LogP contribution in [0.4, 0.5) is 0 Å². The lowest BCUT2D eigenvalue weighted by Gasteiger charge is -2.29. The summed E-state index contributed by atoms with van der Waals surface area (Å²) < 4.78 is 0. The second-order valence-electron chi connectivity index (χ2n) is 7.21. The van der Waals surface area contributed by atoms with E-state index in [1.807, 2.05) is 18.3 Å². The second kappa shape index (κ2) is 8.67. The Hall–Kier alpha value is -1.34. The SMILES string of the molecule is CCCCCC1CCC(c2ccc(-c3ccc(Cl)nc3)cc2)CC1. The van der Waals surface area contributed by atoms with E-state index < -0.39 is 0 Å². The molecule has 1 aliphatic rings. The molecule has 0 amide bonds. The minimum Gasteiger partial charge on any atom is -0.244 e. The van der Waals surface area contributed by atoms with Crippen LogP contribution in [0.5, 0.6) is 0 Å². The third-order valence-electron chi connectivity index (χ3n) is 5.51. The molecule has 1 aromatic carbocycles. The van der Waals surface area contributed by atoms with E-state index >= 15 is 0 Å². The molecule has 1 nitrogen and oxygen atoms in total. The zero-order valence-electron chi connectivity index (χ0n) is 14.7. The molecular formula is C22H28ClN. The van der Waals surface area contributed by atoms with E-state index in [0.29, 0.717) is 5.15 Å². The molecule has 2 heteroatoms. The fourth-order valence-corrected chi connectivity index (χ4v) is 4.07. The van der Waals surface area contributed by atoms with Crippen molar-refractivity contribution in [2.75, 3.05) is 0 Å². The van der Waals surface area contributed by atoms with Gasteiger partial charge < -0.3 is 0 Å². The van der Waals surface area contributed by atoms with E-state index in [-0.39, 0.29) is 0 Å². The molecule has 3 rings (SSSR count). The summed E-state index contributed by atoms with van der Waals surface area (Å²) >= 11 is 5.87. The first-order chi connectivity index (χ1) is 11.8. The maximum atomic E-state index is 5.87. The Morgan fingerprint density at radius 1 is 0.917 bits per heavy atom. The normalized spacial score (nSPS) is 20.9. The molecule has 0 atom stereocenters. The third-order valence-corrected chi connectivity index (χ3v) is 5.73. The fourth-order valence-electron chi connectivity index (χ4n) is 3.96. The minimum atomic E-state index is 0.547. The number of rotatable bonds is 6. The zero-order valence-corrected chi connectivity index (χ0v) is 15.4. The molecule has 0 N–H and O–H groups in total. The summed E-state index contributed by atoms with van der Waals surface area (Å²) in [6.45, 7) is 2.29. The Labute approximate surface area is 151 Å². The van der Waals surface area contributed by atoms with Gasteiger partial charge in [-0.2, -0.15) is 0 Å². The van der Waals surface area contributed by atoms with E-state index in [9.17, 15) is 0 Å². The van der Waals surface area contributed by atoms with Crippen molar-refractivity contribution in [1.29, 1.82) is 0 Å². The van der Waals surface area contributed by atoms with Crippen molar-refractivity contribution in [3.63, 3.8) is 0 Å². The van der Waals surface area contributed by atoms with E-state index in [2.05, 4.69) is 36.2 Å². The fraction of sp³-hybridized carbons (Fsp3) is 0.500. The number of aromatic nitrogens is 1. The number of hydrogen-bond donors (Lipinski definition) is 0. The van der Waals surface area contributed by atoms with Crippen LogP contribution in [0.25, 0.3) is 11.1 Å². The molecule has 0 radical (unpaired) electrons. The van der Waals surface area contributed by atoms with Crippen molar-refractivity contribution in [2.24, 2.45) is 5.92 Å². The number of nitrogens with zero attached hydrogens (tertiary/aromatic N) is 1. The number of benzene rings is 1. The summed E-state index contributed by atoms with van der Waals surface area (Å²) in [4.78, 5) is 4.17. The quantitative estimate of drug-likeness (QED) is 0.398. The van der Waals surface area contributed by atoms with Gasteiger partial charge in [-0.05, 0) is 60.8 Å². The predicted molar refractivity (Wildman–Crippen MR) is 104 cm³/mol. The average molecular weight is 342 g/mol. The Balaban J connectivity index is 1.56. The highest BCUT2D eigenvalue weighted by Crippen LogP contribution is 2.38. The largest absolute Gasteiger partial charge is 0.244 e. The minimum absolute atomic E-state index is 0.547. The van der Waals surface area contributed by atoms with E-state index in [1.54, 1.807) is 0 Å². The molecule has 2 aromatic rings. The maximum Gasteiger partial charge on any atom is 0.129 e. The number of pyridine rings is 1.